The Morgan fingerprint density at radius 1 is 1.05 bits per heavy atom. The van der Waals surface area contributed by atoms with E-state index < -0.39 is 0 Å². The quantitative estimate of drug-likeness (QED) is 0.750. The molecule has 1 aliphatic rings. The van der Waals surface area contributed by atoms with Crippen molar-refractivity contribution in [1.29, 1.82) is 0 Å². The number of pyridine rings is 1. The SMILES string of the molecule is BrCCN(c1ccc2ccccc2n1)C1CCCCC1. The van der Waals surface area contributed by atoms with Gasteiger partial charge < -0.3 is 4.90 Å². The van der Waals surface area contributed by atoms with Crippen LogP contribution in [0.25, 0.3) is 10.9 Å². The van der Waals surface area contributed by atoms with E-state index in [1.807, 2.05) is 0 Å². The molecule has 0 N–H and O–H groups in total. The molecule has 1 heterocycles. The minimum absolute atomic E-state index is 0.662. The molecule has 0 unspecified atom stereocenters. The van der Waals surface area contributed by atoms with E-state index in [2.05, 4.69) is 57.2 Å². The molecule has 0 atom stereocenters. The Hall–Kier alpha value is -1.09. The van der Waals surface area contributed by atoms with Gasteiger partial charge in [0.15, 0.2) is 0 Å². The van der Waals surface area contributed by atoms with Gasteiger partial charge in [-0.2, -0.15) is 0 Å². The first-order valence-corrected chi connectivity index (χ1v) is 8.69. The third-order valence-corrected chi connectivity index (χ3v) is 4.57. The lowest BCUT2D eigenvalue weighted by molar-refractivity contribution is 0.417. The normalized spacial score (nSPS) is 16.4. The van der Waals surface area contributed by atoms with E-state index in [-0.39, 0.29) is 0 Å². The smallest absolute Gasteiger partial charge is 0.129 e. The fraction of sp³-hybridized carbons (Fsp3) is 0.471. The number of para-hydroxylation sites is 1. The number of anilines is 1. The first kappa shape index (κ1) is 13.9. The molecule has 1 saturated carbocycles. The number of alkyl halides is 1. The minimum atomic E-state index is 0.662. The summed E-state index contributed by atoms with van der Waals surface area (Å²) in [7, 11) is 0. The fourth-order valence-corrected chi connectivity index (χ4v) is 3.57. The summed E-state index contributed by atoms with van der Waals surface area (Å²) >= 11 is 3.59. The van der Waals surface area contributed by atoms with Gasteiger partial charge in [0.05, 0.1) is 5.52 Å². The highest BCUT2D eigenvalue weighted by Crippen LogP contribution is 2.27. The fourth-order valence-electron chi connectivity index (χ4n) is 3.18. The molecule has 0 amide bonds. The van der Waals surface area contributed by atoms with E-state index in [0.29, 0.717) is 6.04 Å². The highest BCUT2D eigenvalue weighted by Gasteiger charge is 2.21. The van der Waals surface area contributed by atoms with Crippen LogP contribution in [0.3, 0.4) is 0 Å². The molecule has 0 bridgehead atoms. The summed E-state index contributed by atoms with van der Waals surface area (Å²) in [5, 5.41) is 2.22. The molecule has 20 heavy (non-hydrogen) atoms. The van der Waals surface area contributed by atoms with Crippen molar-refractivity contribution in [3.8, 4) is 0 Å². The maximum atomic E-state index is 4.87. The van der Waals surface area contributed by atoms with Crippen LogP contribution < -0.4 is 4.90 Å². The Balaban J connectivity index is 1.91. The number of hydrogen-bond donors (Lipinski definition) is 0. The van der Waals surface area contributed by atoms with Crippen LogP contribution in [0.5, 0.6) is 0 Å². The van der Waals surface area contributed by atoms with Crippen LogP contribution in [-0.2, 0) is 0 Å². The van der Waals surface area contributed by atoms with Gasteiger partial charge in [0.1, 0.15) is 5.82 Å². The van der Waals surface area contributed by atoms with Crippen LogP contribution >= 0.6 is 15.9 Å². The average molecular weight is 333 g/mol. The second kappa shape index (κ2) is 6.57. The summed E-state index contributed by atoms with van der Waals surface area (Å²) in [6.07, 6.45) is 6.72. The zero-order chi connectivity index (χ0) is 13.8. The van der Waals surface area contributed by atoms with Crippen LogP contribution in [0.4, 0.5) is 5.82 Å². The lowest BCUT2D eigenvalue weighted by Gasteiger charge is -2.35. The van der Waals surface area contributed by atoms with Crippen molar-refractivity contribution in [1.82, 2.24) is 4.98 Å². The van der Waals surface area contributed by atoms with Gasteiger partial charge in [-0.25, -0.2) is 4.98 Å². The zero-order valence-corrected chi connectivity index (χ0v) is 13.3. The Labute approximate surface area is 129 Å². The molecule has 3 rings (SSSR count). The monoisotopic (exact) mass is 332 g/mol. The van der Waals surface area contributed by atoms with E-state index in [1.54, 1.807) is 0 Å². The van der Waals surface area contributed by atoms with Gasteiger partial charge in [0, 0.05) is 23.3 Å². The number of nitrogens with zero attached hydrogens (tertiary/aromatic N) is 2. The van der Waals surface area contributed by atoms with Gasteiger partial charge >= 0.3 is 0 Å². The predicted octanol–water partition coefficient (Wildman–Crippen LogP) is 4.77. The van der Waals surface area contributed by atoms with Crippen molar-refractivity contribution in [3.05, 3.63) is 36.4 Å². The number of aromatic nitrogens is 1. The van der Waals surface area contributed by atoms with Gasteiger partial charge in [-0.1, -0.05) is 53.4 Å². The summed E-state index contributed by atoms with van der Waals surface area (Å²) in [6, 6.07) is 13.4. The lowest BCUT2D eigenvalue weighted by atomic mass is 9.94. The van der Waals surface area contributed by atoms with Gasteiger partial charge in [-0.3, -0.25) is 0 Å². The first-order chi connectivity index (χ1) is 9.88. The highest BCUT2D eigenvalue weighted by atomic mass is 79.9. The topological polar surface area (TPSA) is 16.1 Å². The molecule has 2 aromatic rings. The van der Waals surface area contributed by atoms with Gasteiger partial charge in [0.25, 0.3) is 0 Å². The van der Waals surface area contributed by atoms with E-state index in [4.69, 9.17) is 4.98 Å². The van der Waals surface area contributed by atoms with Gasteiger partial charge in [-0.15, -0.1) is 0 Å². The van der Waals surface area contributed by atoms with E-state index >= 15 is 0 Å². The standard InChI is InChI=1S/C17H21BrN2/c18-12-13-20(15-7-2-1-3-8-15)17-11-10-14-6-4-5-9-16(14)19-17/h4-6,9-11,15H,1-3,7-8,12-13H2. The summed E-state index contributed by atoms with van der Waals surface area (Å²) in [5.41, 5.74) is 1.10. The number of hydrogen-bond acceptors (Lipinski definition) is 2. The van der Waals surface area contributed by atoms with Crippen LogP contribution in [-0.4, -0.2) is 22.9 Å². The van der Waals surface area contributed by atoms with Crippen LogP contribution in [0.2, 0.25) is 0 Å². The first-order valence-electron chi connectivity index (χ1n) is 7.57. The maximum Gasteiger partial charge on any atom is 0.129 e. The maximum absolute atomic E-state index is 4.87. The third-order valence-electron chi connectivity index (χ3n) is 4.22. The minimum Gasteiger partial charge on any atom is -0.353 e. The van der Waals surface area contributed by atoms with Crippen molar-refractivity contribution in [2.45, 2.75) is 38.1 Å². The molecule has 3 heteroatoms. The molecule has 1 aromatic heterocycles. The molecule has 1 aliphatic carbocycles. The molecule has 0 spiro atoms. The molecular formula is C17H21BrN2. The van der Waals surface area contributed by atoms with E-state index in [1.165, 1.54) is 37.5 Å². The molecule has 0 aliphatic heterocycles. The molecule has 106 valence electrons. The molecule has 2 nitrogen and oxygen atoms in total. The summed E-state index contributed by atoms with van der Waals surface area (Å²) < 4.78 is 0. The van der Waals surface area contributed by atoms with Crippen LogP contribution in [0.15, 0.2) is 36.4 Å². The van der Waals surface area contributed by atoms with Crippen molar-refractivity contribution < 1.29 is 0 Å². The average Bonchev–Trinajstić information content (AvgIpc) is 2.53. The van der Waals surface area contributed by atoms with Gasteiger partial charge in [0.2, 0.25) is 0 Å². The summed E-state index contributed by atoms with van der Waals surface area (Å²) in [4.78, 5) is 7.37. The zero-order valence-electron chi connectivity index (χ0n) is 11.8. The van der Waals surface area contributed by atoms with E-state index in [9.17, 15) is 0 Å². The second-order valence-electron chi connectivity index (χ2n) is 5.54. The summed E-state index contributed by atoms with van der Waals surface area (Å²) in [6.45, 7) is 1.04. The third kappa shape index (κ3) is 2.98. The van der Waals surface area contributed by atoms with Crippen LogP contribution in [0.1, 0.15) is 32.1 Å². The number of benzene rings is 1. The van der Waals surface area contributed by atoms with Crippen molar-refractivity contribution in [2.24, 2.45) is 0 Å². The second-order valence-corrected chi connectivity index (χ2v) is 6.33. The Kier molecular flexibility index (Phi) is 4.56. The molecule has 0 radical (unpaired) electrons. The number of halogens is 1. The lowest BCUT2D eigenvalue weighted by Crippen LogP contribution is -2.38. The van der Waals surface area contributed by atoms with Crippen molar-refractivity contribution in [3.63, 3.8) is 0 Å². The summed E-state index contributed by atoms with van der Waals surface area (Å²) in [5.74, 6) is 1.13. The Bertz CT molecular complexity index is 564. The number of fused-ring (bicyclic) bond motifs is 1. The van der Waals surface area contributed by atoms with E-state index in [0.717, 1.165) is 23.2 Å². The van der Waals surface area contributed by atoms with Crippen molar-refractivity contribution >= 4 is 32.7 Å². The highest BCUT2D eigenvalue weighted by molar-refractivity contribution is 9.09. The predicted molar refractivity (Wildman–Crippen MR) is 89.8 cm³/mol. The van der Waals surface area contributed by atoms with Crippen molar-refractivity contribution in [2.75, 3.05) is 16.8 Å². The van der Waals surface area contributed by atoms with Gasteiger partial charge in [-0.05, 0) is 31.0 Å². The number of rotatable bonds is 4. The molecule has 1 fully saturated rings. The molecular weight excluding hydrogens is 312 g/mol. The molecule has 1 aromatic carbocycles. The molecule has 0 saturated heterocycles. The van der Waals surface area contributed by atoms with Crippen LogP contribution in [0, 0.1) is 0 Å². The Morgan fingerprint density at radius 3 is 2.65 bits per heavy atom. The largest absolute Gasteiger partial charge is 0.353 e. The Morgan fingerprint density at radius 2 is 1.85 bits per heavy atom.